The van der Waals surface area contributed by atoms with E-state index in [0.29, 0.717) is 0 Å². The molecule has 236 valence electrons. The topological polar surface area (TPSA) is 205 Å². The first-order chi connectivity index (χ1) is 21.8. The highest BCUT2D eigenvalue weighted by Gasteiger charge is 2.45. The quantitative estimate of drug-likeness (QED) is 0.109. The molecule has 0 amide bonds. The third-order valence-electron chi connectivity index (χ3n) is 8.69. The molecule has 2 aliphatic rings. The molecule has 0 spiro atoms. The minimum absolute atomic E-state index is 0.0264. The molecular weight excluding hydrogens is 596 g/mol. The highest BCUT2D eigenvalue weighted by molar-refractivity contribution is 6.03. The van der Waals surface area contributed by atoms with Crippen LogP contribution in [0.15, 0.2) is 78.4 Å². The van der Waals surface area contributed by atoms with Gasteiger partial charge in [0, 0.05) is 47.1 Å². The molecule has 1 aliphatic heterocycles. The maximum atomic E-state index is 14.4. The summed E-state index contributed by atoms with van der Waals surface area (Å²) in [7, 11) is 0. The fourth-order valence-electron chi connectivity index (χ4n) is 6.58. The molecule has 11 nitrogen and oxygen atoms in total. The third-order valence-corrected chi connectivity index (χ3v) is 8.69. The lowest BCUT2D eigenvalue weighted by Gasteiger charge is -2.38. The number of Topliss-reactive ketones (excluding diaryl/α,β-unsaturated/α-hetero) is 2. The Hall–Kier alpha value is -5.68. The Balaban J connectivity index is 1.53. The molecule has 0 bridgehead atoms. The minimum Gasteiger partial charge on any atom is -0.508 e. The van der Waals surface area contributed by atoms with Gasteiger partial charge in [0.1, 0.15) is 46.0 Å². The summed E-state index contributed by atoms with van der Waals surface area (Å²) in [4.78, 5) is 27.4. The number of phenols is 7. The van der Waals surface area contributed by atoms with Gasteiger partial charge in [0.05, 0.1) is 11.1 Å². The maximum absolute atomic E-state index is 14.4. The minimum atomic E-state index is -1.77. The number of rotatable bonds is 5. The zero-order valence-corrected chi connectivity index (χ0v) is 24.3. The molecule has 4 aromatic rings. The zero-order valence-electron chi connectivity index (χ0n) is 24.3. The lowest BCUT2D eigenvalue weighted by molar-refractivity contribution is 0.0207. The normalized spacial score (nSPS) is 22.4. The van der Waals surface area contributed by atoms with Crippen LogP contribution in [0.4, 0.5) is 0 Å². The number of ether oxygens (including phenoxy) is 1. The molecule has 46 heavy (non-hydrogen) atoms. The van der Waals surface area contributed by atoms with Crippen LogP contribution < -0.4 is 4.74 Å². The highest BCUT2D eigenvalue weighted by Crippen LogP contribution is 2.54. The Morgan fingerprint density at radius 1 is 0.761 bits per heavy atom. The van der Waals surface area contributed by atoms with Crippen LogP contribution in [0.5, 0.6) is 46.0 Å². The summed E-state index contributed by atoms with van der Waals surface area (Å²) in [6.07, 6.45) is -1.31. The van der Waals surface area contributed by atoms with Crippen LogP contribution in [0, 0.1) is 5.92 Å². The largest absolute Gasteiger partial charge is 0.508 e. The Morgan fingerprint density at radius 3 is 2.09 bits per heavy atom. The van der Waals surface area contributed by atoms with Crippen molar-refractivity contribution in [3.05, 3.63) is 106 Å². The summed E-state index contributed by atoms with van der Waals surface area (Å²) in [5.74, 6) is -6.94. The van der Waals surface area contributed by atoms with Crippen molar-refractivity contribution in [1.29, 1.82) is 0 Å². The molecule has 5 atom stereocenters. The Bertz CT molecular complexity index is 1930. The third kappa shape index (κ3) is 5.10. The molecule has 0 saturated heterocycles. The van der Waals surface area contributed by atoms with Crippen molar-refractivity contribution in [2.24, 2.45) is 5.92 Å². The van der Waals surface area contributed by atoms with Crippen molar-refractivity contribution in [3.63, 3.8) is 0 Å². The average Bonchev–Trinajstić information content (AvgIpc) is 2.99. The van der Waals surface area contributed by atoms with Crippen LogP contribution in [0.25, 0.3) is 0 Å². The van der Waals surface area contributed by atoms with Crippen molar-refractivity contribution in [2.75, 3.05) is 0 Å². The van der Waals surface area contributed by atoms with Gasteiger partial charge < -0.3 is 45.6 Å². The molecule has 0 saturated carbocycles. The number of aliphatic hydroxyl groups excluding tert-OH is 1. The van der Waals surface area contributed by atoms with Gasteiger partial charge >= 0.3 is 0 Å². The SMILES string of the molecule is CC1=C[C@@H](c2c(O)ccc(C3Oc4cc(O)ccc4C(=O)[C@@H]3O)c2O)[C@H](C(=O)c2ccc(O)cc2O)[C@@H](c2ccc(O)cc2O)C1. The molecule has 1 aliphatic carbocycles. The summed E-state index contributed by atoms with van der Waals surface area (Å²) < 4.78 is 5.89. The number of allylic oxidation sites excluding steroid dienone is 2. The van der Waals surface area contributed by atoms with Gasteiger partial charge in [-0.25, -0.2) is 0 Å². The Kier molecular flexibility index (Phi) is 7.49. The fraction of sp³-hybridized carbons (Fsp3) is 0.200. The van der Waals surface area contributed by atoms with Gasteiger partial charge in [-0.05, 0) is 61.4 Å². The van der Waals surface area contributed by atoms with E-state index in [1.54, 1.807) is 13.0 Å². The fourth-order valence-corrected chi connectivity index (χ4v) is 6.58. The first kappa shape index (κ1) is 30.4. The molecule has 8 N–H and O–H groups in total. The van der Waals surface area contributed by atoms with Gasteiger partial charge in [-0.2, -0.15) is 0 Å². The van der Waals surface area contributed by atoms with Crippen molar-refractivity contribution >= 4 is 11.6 Å². The van der Waals surface area contributed by atoms with Crippen molar-refractivity contribution in [1.82, 2.24) is 0 Å². The molecule has 0 fully saturated rings. The zero-order chi connectivity index (χ0) is 33.0. The number of phenolic OH excluding ortho intramolecular Hbond substituents is 7. The van der Waals surface area contributed by atoms with Crippen LogP contribution in [-0.2, 0) is 0 Å². The van der Waals surface area contributed by atoms with Crippen LogP contribution in [0.1, 0.15) is 68.7 Å². The second-order valence-corrected chi connectivity index (χ2v) is 11.6. The average molecular weight is 627 g/mol. The Labute approximate surface area is 262 Å². The summed E-state index contributed by atoms with van der Waals surface area (Å²) in [6, 6.07) is 13.7. The maximum Gasteiger partial charge on any atom is 0.199 e. The Morgan fingerprint density at radius 2 is 1.39 bits per heavy atom. The number of aromatic hydroxyl groups is 7. The number of ketones is 2. The van der Waals surface area contributed by atoms with E-state index in [-0.39, 0.29) is 63.0 Å². The van der Waals surface area contributed by atoms with Gasteiger partial charge in [-0.15, -0.1) is 0 Å². The number of hydrogen-bond acceptors (Lipinski definition) is 11. The number of fused-ring (bicyclic) bond motifs is 1. The van der Waals surface area contributed by atoms with E-state index >= 15 is 0 Å². The smallest absolute Gasteiger partial charge is 0.199 e. The van der Waals surface area contributed by atoms with E-state index in [4.69, 9.17) is 4.74 Å². The number of carbonyl (C=O) groups is 2. The molecule has 4 aromatic carbocycles. The molecule has 1 heterocycles. The van der Waals surface area contributed by atoms with E-state index in [1.807, 2.05) is 0 Å². The van der Waals surface area contributed by atoms with Gasteiger partial charge in [0.2, 0.25) is 0 Å². The van der Waals surface area contributed by atoms with Crippen molar-refractivity contribution in [3.8, 4) is 46.0 Å². The number of benzene rings is 4. The number of aliphatic hydroxyl groups is 1. The summed E-state index contributed by atoms with van der Waals surface area (Å²) in [5, 5.41) is 85.2. The summed E-state index contributed by atoms with van der Waals surface area (Å²) in [5.41, 5.74) is 0.659. The molecule has 1 unspecified atom stereocenters. The van der Waals surface area contributed by atoms with Crippen molar-refractivity contribution in [2.45, 2.75) is 37.4 Å². The summed E-state index contributed by atoms with van der Waals surface area (Å²) >= 11 is 0. The van der Waals surface area contributed by atoms with E-state index in [2.05, 4.69) is 0 Å². The van der Waals surface area contributed by atoms with E-state index in [9.17, 15) is 50.4 Å². The highest BCUT2D eigenvalue weighted by atomic mass is 16.5. The van der Waals surface area contributed by atoms with Gasteiger partial charge in [0.25, 0.3) is 0 Å². The lowest BCUT2D eigenvalue weighted by atomic mass is 9.65. The second kappa shape index (κ2) is 11.4. The van der Waals surface area contributed by atoms with E-state index < -0.39 is 58.8 Å². The molecule has 0 radical (unpaired) electrons. The second-order valence-electron chi connectivity index (χ2n) is 11.6. The molecule has 6 rings (SSSR count). The summed E-state index contributed by atoms with van der Waals surface area (Å²) in [6.45, 7) is 1.77. The van der Waals surface area contributed by atoms with Gasteiger partial charge in [-0.1, -0.05) is 17.7 Å². The standard InChI is InChI=1S/C35H30O11/c1-15-10-23(19-5-2-16(36)12-26(19)40)29(31(42)20-6-3-17(37)13-27(20)41)24(11-15)30-25(39)9-8-22(32(30)43)35-34(45)33(44)21-7-4-18(38)14-28(21)46-35/h2-9,11-14,23-24,29,34-41,43,45H,10H2,1H3/t23-,24-,29-,34+,35?/m1/s1. The number of hydrogen-bond donors (Lipinski definition) is 8. The van der Waals surface area contributed by atoms with Gasteiger partial charge in [-0.3, -0.25) is 9.59 Å². The van der Waals surface area contributed by atoms with Crippen LogP contribution >= 0.6 is 0 Å². The molecule has 0 aromatic heterocycles. The first-order valence-electron chi connectivity index (χ1n) is 14.4. The first-order valence-corrected chi connectivity index (χ1v) is 14.4. The van der Waals surface area contributed by atoms with Crippen LogP contribution in [0.2, 0.25) is 0 Å². The van der Waals surface area contributed by atoms with Gasteiger partial charge in [0.15, 0.2) is 23.8 Å². The van der Waals surface area contributed by atoms with Crippen LogP contribution in [0.3, 0.4) is 0 Å². The molecule has 11 heteroatoms. The van der Waals surface area contributed by atoms with Crippen LogP contribution in [-0.4, -0.2) is 58.5 Å². The monoisotopic (exact) mass is 626 g/mol. The predicted octanol–water partition coefficient (Wildman–Crippen LogP) is 5.02. The van der Waals surface area contributed by atoms with E-state index in [0.717, 1.165) is 17.7 Å². The lowest BCUT2D eigenvalue weighted by Crippen LogP contribution is -2.36. The van der Waals surface area contributed by atoms with E-state index in [1.165, 1.54) is 54.6 Å². The molecular formula is C35H30O11. The van der Waals surface area contributed by atoms with Crippen molar-refractivity contribution < 1.29 is 55.2 Å². The predicted molar refractivity (Wildman–Crippen MR) is 163 cm³/mol. The number of carbonyl (C=O) groups excluding carboxylic acids is 2.